The fourth-order valence-electron chi connectivity index (χ4n) is 2.12. The molecule has 6 nitrogen and oxygen atoms in total. The number of ether oxygens (including phenoxy) is 1. The average molecular weight is 329 g/mol. The number of halogens is 1. The number of amides is 1. The Kier molecular flexibility index (Phi) is 4.04. The van der Waals surface area contributed by atoms with Crippen LogP contribution in [0.15, 0.2) is 18.2 Å². The SMILES string of the molecule is COc1c(C(=O)N2CCC(Br)C2)cccc1[N+](=O)[O-]. The van der Waals surface area contributed by atoms with Crippen molar-refractivity contribution in [2.45, 2.75) is 11.2 Å². The van der Waals surface area contributed by atoms with Gasteiger partial charge < -0.3 is 9.64 Å². The van der Waals surface area contributed by atoms with Crippen LogP contribution in [0.5, 0.6) is 5.75 Å². The van der Waals surface area contributed by atoms with Crippen molar-refractivity contribution in [3.63, 3.8) is 0 Å². The van der Waals surface area contributed by atoms with E-state index < -0.39 is 4.92 Å². The van der Waals surface area contributed by atoms with E-state index in [9.17, 15) is 14.9 Å². The van der Waals surface area contributed by atoms with Crippen molar-refractivity contribution in [1.82, 2.24) is 4.90 Å². The largest absolute Gasteiger partial charge is 0.490 e. The van der Waals surface area contributed by atoms with Crippen molar-refractivity contribution in [3.05, 3.63) is 33.9 Å². The number of rotatable bonds is 3. The molecule has 1 aromatic carbocycles. The van der Waals surface area contributed by atoms with Gasteiger partial charge in [0.1, 0.15) is 0 Å². The lowest BCUT2D eigenvalue weighted by Gasteiger charge is -2.17. The molecule has 0 saturated carbocycles. The average Bonchev–Trinajstić information content (AvgIpc) is 2.83. The maximum Gasteiger partial charge on any atom is 0.311 e. The van der Waals surface area contributed by atoms with E-state index in [-0.39, 0.29) is 27.7 Å². The van der Waals surface area contributed by atoms with Gasteiger partial charge in [-0.3, -0.25) is 14.9 Å². The zero-order valence-electron chi connectivity index (χ0n) is 10.3. The molecule has 0 N–H and O–H groups in total. The second-order valence-corrected chi connectivity index (χ2v) is 5.55. The minimum Gasteiger partial charge on any atom is -0.490 e. The van der Waals surface area contributed by atoms with Gasteiger partial charge in [-0.15, -0.1) is 0 Å². The van der Waals surface area contributed by atoms with Gasteiger partial charge in [-0.1, -0.05) is 22.0 Å². The highest BCUT2D eigenvalue weighted by atomic mass is 79.9. The molecule has 1 fully saturated rings. The van der Waals surface area contributed by atoms with Crippen molar-refractivity contribution in [1.29, 1.82) is 0 Å². The zero-order chi connectivity index (χ0) is 14.0. The summed E-state index contributed by atoms with van der Waals surface area (Å²) in [4.78, 5) is 24.7. The van der Waals surface area contributed by atoms with Crippen LogP contribution in [0.2, 0.25) is 0 Å². The predicted octanol–water partition coefficient (Wildman–Crippen LogP) is 2.21. The van der Waals surface area contributed by atoms with Crippen LogP contribution in [0.3, 0.4) is 0 Å². The smallest absolute Gasteiger partial charge is 0.311 e. The third-order valence-electron chi connectivity index (χ3n) is 3.04. The monoisotopic (exact) mass is 328 g/mol. The summed E-state index contributed by atoms with van der Waals surface area (Å²) in [6.45, 7) is 1.24. The molecule has 1 unspecified atom stereocenters. The summed E-state index contributed by atoms with van der Waals surface area (Å²) in [6.07, 6.45) is 0.878. The number of likely N-dealkylation sites (tertiary alicyclic amines) is 1. The number of carbonyl (C=O) groups excluding carboxylic acids is 1. The Balaban J connectivity index is 2.36. The van der Waals surface area contributed by atoms with Gasteiger partial charge in [0.25, 0.3) is 5.91 Å². The molecule has 0 radical (unpaired) electrons. The Morgan fingerprint density at radius 3 is 2.84 bits per heavy atom. The quantitative estimate of drug-likeness (QED) is 0.484. The van der Waals surface area contributed by atoms with Crippen LogP contribution in [-0.2, 0) is 0 Å². The fraction of sp³-hybridized carbons (Fsp3) is 0.417. The van der Waals surface area contributed by atoms with Gasteiger partial charge in [0.2, 0.25) is 5.75 Å². The van der Waals surface area contributed by atoms with Gasteiger partial charge in [0, 0.05) is 24.0 Å². The first-order valence-corrected chi connectivity index (χ1v) is 6.71. The summed E-state index contributed by atoms with van der Waals surface area (Å²) in [6, 6.07) is 4.37. The van der Waals surface area contributed by atoms with Crippen LogP contribution < -0.4 is 4.74 Å². The number of carbonyl (C=O) groups is 1. The van der Waals surface area contributed by atoms with E-state index in [1.807, 2.05) is 0 Å². The number of benzene rings is 1. The van der Waals surface area contributed by atoms with Gasteiger partial charge in [0.05, 0.1) is 17.6 Å². The lowest BCUT2D eigenvalue weighted by Crippen LogP contribution is -2.29. The number of hydrogen-bond donors (Lipinski definition) is 0. The maximum absolute atomic E-state index is 12.3. The first-order chi connectivity index (χ1) is 9.04. The fourth-order valence-corrected chi connectivity index (χ4v) is 2.68. The molecular formula is C12H13BrN2O4. The summed E-state index contributed by atoms with van der Waals surface area (Å²) >= 11 is 3.46. The zero-order valence-corrected chi connectivity index (χ0v) is 11.9. The summed E-state index contributed by atoms with van der Waals surface area (Å²) in [5.74, 6) is -0.210. The van der Waals surface area contributed by atoms with E-state index in [1.54, 1.807) is 11.0 Å². The molecule has 0 spiro atoms. The number of nitro benzene ring substituents is 1. The molecule has 0 aliphatic carbocycles. The molecule has 7 heteroatoms. The highest BCUT2D eigenvalue weighted by molar-refractivity contribution is 9.09. The van der Waals surface area contributed by atoms with Crippen molar-refractivity contribution in [2.24, 2.45) is 0 Å². The molecule has 1 amide bonds. The first-order valence-electron chi connectivity index (χ1n) is 5.79. The lowest BCUT2D eigenvalue weighted by molar-refractivity contribution is -0.385. The summed E-state index contributed by atoms with van der Waals surface area (Å²) in [7, 11) is 1.33. The number of methoxy groups -OCH3 is 1. The standard InChI is InChI=1S/C12H13BrN2O4/c1-19-11-9(3-2-4-10(11)15(17)18)12(16)14-6-5-8(13)7-14/h2-4,8H,5-7H2,1H3. The Labute approximate surface area is 118 Å². The third-order valence-corrected chi connectivity index (χ3v) is 3.79. The van der Waals surface area contributed by atoms with Crippen LogP contribution >= 0.6 is 15.9 Å². The minimum absolute atomic E-state index is 0.0236. The molecule has 0 aromatic heterocycles. The topological polar surface area (TPSA) is 72.7 Å². The first kappa shape index (κ1) is 13.8. The Bertz CT molecular complexity index is 520. The Hall–Kier alpha value is -1.63. The van der Waals surface area contributed by atoms with E-state index in [0.717, 1.165) is 6.42 Å². The van der Waals surface area contributed by atoms with Crippen LogP contribution in [0.1, 0.15) is 16.8 Å². The Morgan fingerprint density at radius 1 is 1.58 bits per heavy atom. The molecule has 1 heterocycles. The van der Waals surface area contributed by atoms with Crippen molar-refractivity contribution in [3.8, 4) is 5.75 Å². The second kappa shape index (κ2) is 5.56. The van der Waals surface area contributed by atoms with Crippen LogP contribution in [0.25, 0.3) is 0 Å². The molecule has 1 aliphatic heterocycles. The molecule has 2 rings (SSSR count). The molecule has 102 valence electrons. The number of nitrogens with zero attached hydrogens (tertiary/aromatic N) is 2. The van der Waals surface area contributed by atoms with E-state index in [1.165, 1.54) is 19.2 Å². The normalized spacial score (nSPS) is 18.4. The number of hydrogen-bond acceptors (Lipinski definition) is 4. The van der Waals surface area contributed by atoms with Crippen LogP contribution in [0, 0.1) is 10.1 Å². The highest BCUT2D eigenvalue weighted by Gasteiger charge is 2.29. The van der Waals surface area contributed by atoms with Crippen LogP contribution in [-0.4, -0.2) is 40.8 Å². The van der Waals surface area contributed by atoms with E-state index in [4.69, 9.17) is 4.74 Å². The van der Waals surface area contributed by atoms with Gasteiger partial charge in [-0.25, -0.2) is 0 Å². The molecule has 1 atom stereocenters. The summed E-state index contributed by atoms with van der Waals surface area (Å²) < 4.78 is 5.04. The Morgan fingerprint density at radius 2 is 2.32 bits per heavy atom. The molecule has 0 bridgehead atoms. The van der Waals surface area contributed by atoms with Gasteiger partial charge in [-0.05, 0) is 12.5 Å². The summed E-state index contributed by atoms with van der Waals surface area (Å²) in [5.41, 5.74) is 0.0428. The number of nitro groups is 1. The van der Waals surface area contributed by atoms with Crippen molar-refractivity contribution < 1.29 is 14.5 Å². The molecule has 1 aromatic rings. The number of alkyl halides is 1. The van der Waals surface area contributed by atoms with Crippen molar-refractivity contribution >= 4 is 27.5 Å². The van der Waals surface area contributed by atoms with Gasteiger partial charge >= 0.3 is 5.69 Å². The van der Waals surface area contributed by atoms with Gasteiger partial charge in [-0.2, -0.15) is 0 Å². The number of para-hydroxylation sites is 1. The maximum atomic E-state index is 12.3. The summed E-state index contributed by atoms with van der Waals surface area (Å²) in [5, 5.41) is 10.9. The molecule has 19 heavy (non-hydrogen) atoms. The molecular weight excluding hydrogens is 316 g/mol. The highest BCUT2D eigenvalue weighted by Crippen LogP contribution is 2.32. The van der Waals surface area contributed by atoms with E-state index >= 15 is 0 Å². The molecule has 1 saturated heterocycles. The minimum atomic E-state index is -0.549. The lowest BCUT2D eigenvalue weighted by atomic mass is 10.1. The molecule has 1 aliphatic rings. The third kappa shape index (κ3) is 2.70. The van der Waals surface area contributed by atoms with Gasteiger partial charge in [0.15, 0.2) is 0 Å². The van der Waals surface area contributed by atoms with Crippen LogP contribution in [0.4, 0.5) is 5.69 Å². The second-order valence-electron chi connectivity index (χ2n) is 4.25. The van der Waals surface area contributed by atoms with Crippen molar-refractivity contribution in [2.75, 3.05) is 20.2 Å². The predicted molar refractivity (Wildman–Crippen MR) is 72.9 cm³/mol. The van der Waals surface area contributed by atoms with E-state index in [0.29, 0.717) is 13.1 Å². The van der Waals surface area contributed by atoms with E-state index in [2.05, 4.69) is 15.9 Å².